The molecule has 508 valence electrons. The molecule has 3 unspecified atom stereocenters. The third-order valence-electron chi connectivity index (χ3n) is 22.5. The number of ketones is 1. The summed E-state index contributed by atoms with van der Waals surface area (Å²) in [6, 6.07) is 70.4. The summed E-state index contributed by atoms with van der Waals surface area (Å²) in [5, 5.41) is 2.09. The predicted molar refractivity (Wildman–Crippen MR) is 384 cm³/mol. The summed E-state index contributed by atoms with van der Waals surface area (Å²) in [5.41, 5.74) is 20.0. The highest BCUT2D eigenvalue weighted by Gasteiger charge is 2.62. The van der Waals surface area contributed by atoms with Crippen LogP contribution in [0.3, 0.4) is 0 Å². The molecule has 4 aliphatic heterocycles. The summed E-state index contributed by atoms with van der Waals surface area (Å²) in [5.74, 6) is 0.190. The molecule has 6 aliphatic rings. The fourth-order valence-electron chi connectivity index (χ4n) is 15.9. The molecule has 4 heterocycles. The molecule has 2 aliphatic carbocycles. The van der Waals surface area contributed by atoms with Crippen LogP contribution in [0.2, 0.25) is 0 Å². The molecule has 9 aromatic carbocycles. The maximum absolute atomic E-state index is 13.1. The van der Waals surface area contributed by atoms with Gasteiger partial charge in [-0.15, -0.1) is 0 Å². The summed E-state index contributed by atoms with van der Waals surface area (Å²) >= 11 is 0. The molecule has 0 spiro atoms. The van der Waals surface area contributed by atoms with Gasteiger partial charge in [-0.1, -0.05) is 166 Å². The first-order valence-electron chi connectivity index (χ1n) is 34.1. The van der Waals surface area contributed by atoms with Gasteiger partial charge in [-0.3, -0.25) is 9.59 Å². The van der Waals surface area contributed by atoms with Crippen LogP contribution in [-0.2, 0) is 40.6 Å². The monoisotopic (exact) mass is 1640 g/mol. The van der Waals surface area contributed by atoms with Gasteiger partial charge in [0.25, 0.3) is 0 Å². The van der Waals surface area contributed by atoms with E-state index in [1.54, 1.807) is 0 Å². The van der Waals surface area contributed by atoms with Crippen molar-refractivity contribution in [2.45, 2.75) is 136 Å². The Labute approximate surface area is 631 Å². The third-order valence-corrected chi connectivity index (χ3v) is 22.5. The quantitative estimate of drug-likeness (QED) is 0.0458. The molecule has 8 nitrogen and oxygen atoms in total. The molecular formula is C86H92FI3N4O4. The van der Waals surface area contributed by atoms with Crippen molar-refractivity contribution in [2.24, 2.45) is 16.7 Å². The van der Waals surface area contributed by atoms with E-state index in [2.05, 4.69) is 193 Å². The third kappa shape index (κ3) is 15.2. The zero-order valence-electron chi connectivity index (χ0n) is 58.5. The molecule has 1 saturated heterocycles. The topological polar surface area (TPSA) is 83.7 Å². The second-order valence-corrected chi connectivity index (χ2v) is 29.4. The fraction of sp³-hybridized carbons (Fsp3) is 0.326. The first-order chi connectivity index (χ1) is 45.5. The molecule has 9 aromatic rings. The Kier molecular flexibility index (Phi) is 23.7. The molecule has 0 amide bonds. The van der Waals surface area contributed by atoms with E-state index in [1.165, 1.54) is 105 Å². The lowest BCUT2D eigenvalue weighted by molar-refractivity contribution is -0.579. The van der Waals surface area contributed by atoms with Gasteiger partial charge in [-0.05, 0) is 137 Å². The smallest absolute Gasteiger partial charge is 0.338 e. The Balaban J connectivity index is 0.000000158. The maximum Gasteiger partial charge on any atom is 0.338 e. The lowest BCUT2D eigenvalue weighted by atomic mass is 9.71. The van der Waals surface area contributed by atoms with E-state index >= 15 is 0 Å². The van der Waals surface area contributed by atoms with E-state index in [4.69, 9.17) is 4.74 Å². The molecule has 12 heteroatoms. The first-order valence-corrected chi connectivity index (χ1v) is 34.1. The Morgan fingerprint density at radius 2 is 1.03 bits per heavy atom. The van der Waals surface area contributed by atoms with Crippen LogP contribution in [0, 0.1) is 22.6 Å². The number of ether oxygens (including phenoxy) is 1. The van der Waals surface area contributed by atoms with Crippen molar-refractivity contribution in [1.29, 1.82) is 0 Å². The number of nitrogens with one attached hydrogen (secondary N) is 1. The van der Waals surface area contributed by atoms with Gasteiger partial charge in [0.1, 0.15) is 32.3 Å². The molecule has 2 saturated carbocycles. The Morgan fingerprint density at radius 1 is 0.551 bits per heavy atom. The van der Waals surface area contributed by atoms with Crippen molar-refractivity contribution in [3.63, 3.8) is 0 Å². The standard InChI is InChI=1S/C29H36NO2.C28H23NO.C18H19FN.C11H13NO.3HI/c1-27(2)23-15-16-29(27,5)18-25(23)32-26(31)20-13-11-19(12-14-20)17-24-21-9-7-8-10-22(21)28(3,4)30(24)6;1-28(2)25-13-6-5-11-24(25)26(29-28)18-19-14-16-21(17-15-19)27(30)23-12-7-9-20-8-3-4-10-22(20)23;1-18(2)16-7-5-4-6-15(16)17(20(18)3)12-13-8-10-14(19)11-9-13;13-9-10-3-5-11(6-4-10)12-7-1-2-8-12;;;/h7-14,23,25H,15-18H2,1-6H3;3-17H,18H2,1-2H3;4-11H,12H2,1-3H3;3-6,9H,1-2,7-8H2;3*1H/q+1;;+1;;;;/p-2. The summed E-state index contributed by atoms with van der Waals surface area (Å²) in [6.07, 6.45) is 9.43. The first kappa shape index (κ1) is 75.2. The highest BCUT2D eigenvalue weighted by Crippen LogP contribution is 2.66. The number of benzene rings is 9. The van der Waals surface area contributed by atoms with Crippen molar-refractivity contribution < 1.29 is 110 Å². The second kappa shape index (κ2) is 30.8. The van der Waals surface area contributed by atoms with Crippen molar-refractivity contribution in [2.75, 3.05) is 32.1 Å². The van der Waals surface area contributed by atoms with E-state index < -0.39 is 0 Å². The minimum atomic E-state index is -0.181. The molecule has 0 aromatic heterocycles. The number of halogens is 4. The lowest BCUT2D eigenvalue weighted by Gasteiger charge is -2.33. The van der Waals surface area contributed by atoms with E-state index in [-0.39, 0.29) is 118 Å². The van der Waals surface area contributed by atoms with Gasteiger partial charge >= 0.3 is 5.97 Å². The Morgan fingerprint density at radius 3 is 1.56 bits per heavy atom. The van der Waals surface area contributed by atoms with Gasteiger partial charge in [0.05, 0.1) is 41.5 Å². The second-order valence-electron chi connectivity index (χ2n) is 29.4. The van der Waals surface area contributed by atoms with Crippen molar-refractivity contribution in [3.8, 4) is 0 Å². The van der Waals surface area contributed by atoms with Gasteiger partial charge in [-0.2, -0.15) is 0 Å². The molecule has 3 fully saturated rings. The van der Waals surface area contributed by atoms with Crippen LogP contribution in [-0.4, -0.2) is 77.6 Å². The number of esters is 1. The highest BCUT2D eigenvalue weighted by atomic mass is 127. The minimum absolute atomic E-state index is 0. The van der Waals surface area contributed by atoms with Gasteiger partial charge in [-0.25, -0.2) is 23.3 Å². The number of hydrogen-bond acceptors (Lipinski definition) is 5. The Hall–Kier alpha value is -7.02. The van der Waals surface area contributed by atoms with E-state index in [0.717, 1.165) is 78.1 Å². The maximum atomic E-state index is 13.1. The summed E-state index contributed by atoms with van der Waals surface area (Å²) < 4.78 is 23.8. The molecule has 98 heavy (non-hydrogen) atoms. The number of carbonyl (C=O) groups excluding carboxylic acids is 3. The number of aldehydes is 1. The van der Waals surface area contributed by atoms with Crippen LogP contribution in [0.15, 0.2) is 212 Å². The highest BCUT2D eigenvalue weighted by molar-refractivity contribution is 6.16. The number of hydrogen-bond donors (Lipinski definition) is 1. The van der Waals surface area contributed by atoms with E-state index in [0.29, 0.717) is 16.9 Å². The Bertz CT molecular complexity index is 4460. The van der Waals surface area contributed by atoms with Crippen molar-refractivity contribution in [1.82, 2.24) is 0 Å². The average Bonchev–Trinajstić information content (AvgIpc) is 1.56. The van der Waals surface area contributed by atoms with Crippen LogP contribution in [0.1, 0.15) is 181 Å². The van der Waals surface area contributed by atoms with Crippen LogP contribution >= 0.6 is 0 Å². The van der Waals surface area contributed by atoms with E-state index in [1.807, 2.05) is 103 Å². The number of anilines is 1. The van der Waals surface area contributed by atoms with Crippen LogP contribution in [0.4, 0.5) is 10.1 Å². The molecule has 2 bridgehead atoms. The van der Waals surface area contributed by atoms with E-state index in [9.17, 15) is 18.8 Å². The van der Waals surface area contributed by atoms with Crippen LogP contribution in [0.5, 0.6) is 0 Å². The van der Waals surface area contributed by atoms with Crippen LogP contribution < -0.4 is 81.8 Å². The zero-order chi connectivity index (χ0) is 67.0. The molecule has 1 N–H and O–H groups in total. The molecule has 15 rings (SSSR count). The zero-order valence-corrected chi connectivity index (χ0v) is 65.0. The number of carbonyl (C=O) groups is 3. The van der Waals surface area contributed by atoms with Gasteiger partial charge in [0.15, 0.2) is 39.5 Å². The number of rotatable bonds is 12. The van der Waals surface area contributed by atoms with Crippen LogP contribution in [0.25, 0.3) is 10.8 Å². The average molecular weight is 1650 g/mol. The number of nitrogens with zero attached hydrogens (tertiary/aromatic N) is 3. The van der Waals surface area contributed by atoms with Gasteiger partial charge in [0, 0.05) is 99.6 Å². The minimum Gasteiger partial charge on any atom is -1.00 e. The fourth-order valence-corrected chi connectivity index (χ4v) is 15.9. The largest absolute Gasteiger partial charge is 1.00 e. The molecular weight excluding hydrogens is 1550 g/mol. The summed E-state index contributed by atoms with van der Waals surface area (Å²) in [4.78, 5) is 42.5. The van der Waals surface area contributed by atoms with Crippen molar-refractivity contribution >= 4 is 51.6 Å². The summed E-state index contributed by atoms with van der Waals surface area (Å²) in [7, 11) is 4.32. The summed E-state index contributed by atoms with van der Waals surface area (Å²) in [6.45, 7) is 22.8. The lowest BCUT2D eigenvalue weighted by Crippen LogP contribution is -3.00. The molecule has 3 atom stereocenters. The van der Waals surface area contributed by atoms with Gasteiger partial charge < -0.3 is 81.6 Å². The SMILES string of the molecule is CC1(C)[NH+]=C(Cc2ccc(C(=O)c3cccc4ccccc34)cc2)c2ccccc21.C[N+]1=C(Cc2ccc(C(=O)OC3CC4(C)CCC3C4(C)C)cc2)c2ccccc2C1(C)C.C[N+]1=C(Cc2ccc(F)cc2)c2ccccc2C1(C)C.O=Cc1ccc(N2CCCC2)cc1.[I-].[I-].[I-]. The van der Waals surface area contributed by atoms with Gasteiger partial charge in [0.2, 0.25) is 0 Å². The normalized spacial score (nSPS) is 19.5. The number of fused-ring (bicyclic) bond motifs is 6. The molecule has 0 radical (unpaired) electrons. The van der Waals surface area contributed by atoms with Crippen molar-refractivity contribution in [3.05, 3.63) is 290 Å². The predicted octanol–water partition coefficient (Wildman–Crippen LogP) is 7.27.